The average molecular weight is 288 g/mol. The zero-order valence-corrected chi connectivity index (χ0v) is 10.8. The summed E-state index contributed by atoms with van der Waals surface area (Å²) in [6, 6.07) is 5.66. The third-order valence-corrected chi connectivity index (χ3v) is 3.50. The van der Waals surface area contributed by atoms with Gasteiger partial charge in [-0.25, -0.2) is 4.39 Å². The van der Waals surface area contributed by atoms with Crippen molar-refractivity contribution in [2.75, 3.05) is 7.11 Å². The number of halogens is 2. The van der Waals surface area contributed by atoms with Gasteiger partial charge in [-0.15, -0.1) is 0 Å². The first-order valence-corrected chi connectivity index (χ1v) is 6.09. The summed E-state index contributed by atoms with van der Waals surface area (Å²) < 4.78 is 20.3. The van der Waals surface area contributed by atoms with E-state index in [-0.39, 0.29) is 6.04 Å². The highest BCUT2D eigenvalue weighted by Crippen LogP contribution is 2.40. The molecule has 0 spiro atoms. The summed E-state index contributed by atoms with van der Waals surface area (Å²) in [5.41, 5.74) is 5.38. The van der Waals surface area contributed by atoms with Gasteiger partial charge in [0.1, 0.15) is 11.4 Å². The van der Waals surface area contributed by atoms with Crippen LogP contribution in [0.4, 0.5) is 4.39 Å². The van der Waals surface area contributed by atoms with Gasteiger partial charge in [0.25, 0.3) is 0 Å². The Morgan fingerprint density at radius 3 is 2.81 bits per heavy atom. The molecule has 0 amide bonds. The smallest absolute Gasteiger partial charge is 0.122 e. The van der Waals surface area contributed by atoms with Crippen molar-refractivity contribution < 1.29 is 9.13 Å². The Morgan fingerprint density at radius 2 is 2.25 bits per heavy atom. The molecule has 2 rings (SSSR count). The van der Waals surface area contributed by atoms with Gasteiger partial charge in [-0.3, -0.25) is 0 Å². The molecule has 0 aliphatic heterocycles. The van der Waals surface area contributed by atoms with Crippen LogP contribution in [0, 0.1) is 0 Å². The molecular weight excluding hydrogens is 273 g/mol. The fraction of sp³-hybridized carbons (Fsp3) is 0.500. The Kier molecular flexibility index (Phi) is 3.22. The van der Waals surface area contributed by atoms with Gasteiger partial charge in [0.05, 0.1) is 7.11 Å². The molecule has 88 valence electrons. The third kappa shape index (κ3) is 2.38. The van der Waals surface area contributed by atoms with Crippen LogP contribution >= 0.6 is 15.9 Å². The maximum atomic E-state index is 14.1. The van der Waals surface area contributed by atoms with Gasteiger partial charge in [-0.05, 0) is 36.6 Å². The molecule has 0 unspecified atom stereocenters. The minimum atomic E-state index is -1.15. The lowest BCUT2D eigenvalue weighted by Gasteiger charge is -2.39. The van der Waals surface area contributed by atoms with E-state index in [1.807, 2.05) is 18.2 Å². The lowest BCUT2D eigenvalue weighted by atomic mass is 9.74. The summed E-state index contributed by atoms with van der Waals surface area (Å²) in [5, 5.41) is 0. The Hall–Kier alpha value is -0.610. The predicted octanol–water partition coefficient (Wildman–Crippen LogP) is 2.83. The topological polar surface area (TPSA) is 35.2 Å². The highest BCUT2D eigenvalue weighted by Gasteiger charge is 2.43. The number of ether oxygens (including phenoxy) is 1. The average Bonchev–Trinajstić information content (AvgIpc) is 2.15. The summed E-state index contributed by atoms with van der Waals surface area (Å²) in [4.78, 5) is 0. The van der Waals surface area contributed by atoms with Gasteiger partial charge < -0.3 is 10.5 Å². The molecule has 4 heteroatoms. The van der Waals surface area contributed by atoms with Crippen LogP contribution < -0.4 is 10.5 Å². The Bertz CT molecular complexity index is 391. The van der Waals surface area contributed by atoms with Crippen LogP contribution in [0.3, 0.4) is 0 Å². The molecule has 0 heterocycles. The molecule has 1 aromatic rings. The summed E-state index contributed by atoms with van der Waals surface area (Å²) in [6.45, 7) is 0. The Labute approximate surface area is 103 Å². The minimum Gasteiger partial charge on any atom is -0.496 e. The quantitative estimate of drug-likeness (QED) is 0.928. The van der Waals surface area contributed by atoms with E-state index in [9.17, 15) is 4.39 Å². The highest BCUT2D eigenvalue weighted by atomic mass is 79.9. The molecule has 2 nitrogen and oxygen atoms in total. The molecule has 2 N–H and O–H groups in total. The number of benzene rings is 1. The lowest BCUT2D eigenvalue weighted by Crippen LogP contribution is -2.49. The fourth-order valence-corrected chi connectivity index (χ4v) is 2.66. The van der Waals surface area contributed by atoms with Gasteiger partial charge in [-0.2, -0.15) is 0 Å². The second-order valence-corrected chi connectivity index (χ2v) is 5.37. The van der Waals surface area contributed by atoms with E-state index < -0.39 is 5.67 Å². The standard InChI is InChI=1S/C12H15BrFNO/c1-16-11-3-2-9(13)4-8(11)5-12(14)6-10(15)7-12/h2-4,10H,5-7,15H2,1H3. The zero-order chi connectivity index (χ0) is 11.8. The van der Waals surface area contributed by atoms with Gasteiger partial charge >= 0.3 is 0 Å². The number of alkyl halides is 1. The SMILES string of the molecule is COc1ccc(Br)cc1CC1(F)CC(N)C1. The molecular formula is C12H15BrFNO. The summed E-state index contributed by atoms with van der Waals surface area (Å²) in [5.74, 6) is 0.737. The number of nitrogens with two attached hydrogens (primary N) is 1. The molecule has 1 aromatic carbocycles. The summed E-state index contributed by atoms with van der Waals surface area (Å²) in [7, 11) is 1.60. The molecule has 1 saturated carbocycles. The van der Waals surface area contributed by atoms with Crippen molar-refractivity contribution in [3.05, 3.63) is 28.2 Å². The zero-order valence-electron chi connectivity index (χ0n) is 9.17. The van der Waals surface area contributed by atoms with E-state index in [1.54, 1.807) is 7.11 Å². The molecule has 0 radical (unpaired) electrons. The molecule has 16 heavy (non-hydrogen) atoms. The highest BCUT2D eigenvalue weighted by molar-refractivity contribution is 9.10. The van der Waals surface area contributed by atoms with Crippen molar-refractivity contribution in [3.63, 3.8) is 0 Å². The monoisotopic (exact) mass is 287 g/mol. The predicted molar refractivity (Wildman–Crippen MR) is 65.4 cm³/mol. The van der Waals surface area contributed by atoms with Crippen molar-refractivity contribution in [3.8, 4) is 5.75 Å². The van der Waals surface area contributed by atoms with E-state index in [0.717, 1.165) is 15.8 Å². The lowest BCUT2D eigenvalue weighted by molar-refractivity contribution is 0.0438. The molecule has 0 aromatic heterocycles. The molecule has 1 aliphatic rings. The van der Waals surface area contributed by atoms with Crippen LogP contribution in [0.2, 0.25) is 0 Å². The normalized spacial score (nSPS) is 28.6. The number of hydrogen-bond acceptors (Lipinski definition) is 2. The van der Waals surface area contributed by atoms with Gasteiger partial charge in [0.2, 0.25) is 0 Å². The van der Waals surface area contributed by atoms with Crippen molar-refractivity contribution in [1.29, 1.82) is 0 Å². The molecule has 0 bridgehead atoms. The van der Waals surface area contributed by atoms with E-state index in [1.165, 1.54) is 0 Å². The third-order valence-electron chi connectivity index (χ3n) is 3.01. The van der Waals surface area contributed by atoms with Crippen LogP contribution in [0.25, 0.3) is 0 Å². The number of rotatable bonds is 3. The largest absolute Gasteiger partial charge is 0.496 e. The van der Waals surface area contributed by atoms with Crippen LogP contribution in [0.15, 0.2) is 22.7 Å². The molecule has 0 atom stereocenters. The maximum Gasteiger partial charge on any atom is 0.122 e. The van der Waals surface area contributed by atoms with Crippen LogP contribution in [0.1, 0.15) is 18.4 Å². The summed E-state index contributed by atoms with van der Waals surface area (Å²) in [6.07, 6.45) is 1.27. The molecule has 0 saturated heterocycles. The van der Waals surface area contributed by atoms with E-state index >= 15 is 0 Å². The number of hydrogen-bond donors (Lipinski definition) is 1. The molecule has 1 aliphatic carbocycles. The first kappa shape index (κ1) is 11.9. The first-order chi connectivity index (χ1) is 7.52. The van der Waals surface area contributed by atoms with Gasteiger partial charge in [-0.1, -0.05) is 15.9 Å². The van der Waals surface area contributed by atoms with E-state index in [4.69, 9.17) is 10.5 Å². The second-order valence-electron chi connectivity index (χ2n) is 4.45. The second kappa shape index (κ2) is 4.34. The fourth-order valence-electron chi connectivity index (χ4n) is 2.25. The van der Waals surface area contributed by atoms with Crippen LogP contribution in [0.5, 0.6) is 5.75 Å². The van der Waals surface area contributed by atoms with Crippen molar-refractivity contribution >= 4 is 15.9 Å². The van der Waals surface area contributed by atoms with Gasteiger partial charge in [0.15, 0.2) is 0 Å². The van der Waals surface area contributed by atoms with Crippen LogP contribution in [-0.4, -0.2) is 18.8 Å². The van der Waals surface area contributed by atoms with E-state index in [0.29, 0.717) is 19.3 Å². The van der Waals surface area contributed by atoms with Crippen molar-refractivity contribution in [2.24, 2.45) is 5.73 Å². The number of methoxy groups -OCH3 is 1. The van der Waals surface area contributed by atoms with Crippen LogP contribution in [-0.2, 0) is 6.42 Å². The van der Waals surface area contributed by atoms with Gasteiger partial charge in [0, 0.05) is 16.9 Å². The van der Waals surface area contributed by atoms with Crippen molar-refractivity contribution in [2.45, 2.75) is 31.0 Å². The van der Waals surface area contributed by atoms with Crippen molar-refractivity contribution in [1.82, 2.24) is 0 Å². The Balaban J connectivity index is 2.17. The minimum absolute atomic E-state index is 0.0168. The maximum absolute atomic E-state index is 14.1. The molecule has 1 fully saturated rings. The summed E-state index contributed by atoms with van der Waals surface area (Å²) >= 11 is 3.38. The first-order valence-electron chi connectivity index (χ1n) is 5.29. The Morgan fingerprint density at radius 1 is 1.56 bits per heavy atom. The van der Waals surface area contributed by atoms with E-state index in [2.05, 4.69) is 15.9 Å².